The number of pyridine rings is 1. The van der Waals surface area contributed by atoms with E-state index in [4.69, 9.17) is 0 Å². The first kappa shape index (κ1) is 12.5. The van der Waals surface area contributed by atoms with Gasteiger partial charge in [-0.1, -0.05) is 0 Å². The standard InChI is InChI=1S/C12H18N2O2/c1-9(2)14(8-12(15)16-4)11-5-6-13-10(3)7-11/h5-7,9H,8H2,1-4H3. The number of hydrogen-bond acceptors (Lipinski definition) is 4. The van der Waals surface area contributed by atoms with Crippen molar-refractivity contribution in [1.29, 1.82) is 0 Å². The molecule has 88 valence electrons. The molecule has 0 aliphatic carbocycles. The number of hydrogen-bond donors (Lipinski definition) is 0. The van der Waals surface area contributed by atoms with E-state index in [1.54, 1.807) is 6.20 Å². The summed E-state index contributed by atoms with van der Waals surface area (Å²) in [5.41, 5.74) is 1.93. The van der Waals surface area contributed by atoms with Crippen molar-refractivity contribution in [1.82, 2.24) is 4.98 Å². The molecule has 16 heavy (non-hydrogen) atoms. The first-order chi connectivity index (χ1) is 7.54. The lowest BCUT2D eigenvalue weighted by Gasteiger charge is -2.27. The van der Waals surface area contributed by atoms with Gasteiger partial charge in [-0.15, -0.1) is 0 Å². The molecular weight excluding hydrogens is 204 g/mol. The fraction of sp³-hybridized carbons (Fsp3) is 0.500. The maximum absolute atomic E-state index is 11.3. The van der Waals surface area contributed by atoms with E-state index in [9.17, 15) is 4.79 Å². The summed E-state index contributed by atoms with van der Waals surface area (Å²) in [5.74, 6) is -0.233. The van der Waals surface area contributed by atoms with Gasteiger partial charge in [-0.05, 0) is 32.9 Å². The third-order valence-electron chi connectivity index (χ3n) is 2.36. The van der Waals surface area contributed by atoms with Crippen molar-refractivity contribution in [2.75, 3.05) is 18.6 Å². The zero-order valence-corrected chi connectivity index (χ0v) is 10.2. The summed E-state index contributed by atoms with van der Waals surface area (Å²) in [7, 11) is 1.40. The number of rotatable bonds is 4. The van der Waals surface area contributed by atoms with Crippen LogP contribution in [0.5, 0.6) is 0 Å². The minimum absolute atomic E-state index is 0.233. The predicted octanol–water partition coefficient (Wildman–Crippen LogP) is 1.78. The lowest BCUT2D eigenvalue weighted by Crippen LogP contribution is -2.36. The molecule has 1 aromatic heterocycles. The smallest absolute Gasteiger partial charge is 0.325 e. The van der Waals surface area contributed by atoms with Crippen LogP contribution in [0.1, 0.15) is 19.5 Å². The van der Waals surface area contributed by atoms with Crippen LogP contribution in [-0.2, 0) is 9.53 Å². The minimum atomic E-state index is -0.233. The third kappa shape index (κ3) is 3.22. The quantitative estimate of drug-likeness (QED) is 0.728. The van der Waals surface area contributed by atoms with E-state index < -0.39 is 0 Å². The number of aromatic nitrogens is 1. The van der Waals surface area contributed by atoms with Crippen LogP contribution in [0.25, 0.3) is 0 Å². The minimum Gasteiger partial charge on any atom is -0.468 e. The van der Waals surface area contributed by atoms with Crippen molar-refractivity contribution in [3.8, 4) is 0 Å². The van der Waals surface area contributed by atoms with Gasteiger partial charge in [-0.3, -0.25) is 9.78 Å². The molecule has 0 atom stereocenters. The Morgan fingerprint density at radius 3 is 2.75 bits per heavy atom. The Balaban J connectivity index is 2.89. The third-order valence-corrected chi connectivity index (χ3v) is 2.36. The molecule has 0 spiro atoms. The molecule has 0 saturated carbocycles. The first-order valence-corrected chi connectivity index (χ1v) is 5.30. The number of nitrogens with zero attached hydrogens (tertiary/aromatic N) is 2. The fourth-order valence-corrected chi connectivity index (χ4v) is 1.48. The van der Waals surface area contributed by atoms with Crippen LogP contribution in [-0.4, -0.2) is 30.6 Å². The van der Waals surface area contributed by atoms with Crippen LogP contribution in [0.2, 0.25) is 0 Å². The predicted molar refractivity (Wildman–Crippen MR) is 63.5 cm³/mol. The van der Waals surface area contributed by atoms with Crippen LogP contribution >= 0.6 is 0 Å². The highest BCUT2D eigenvalue weighted by atomic mass is 16.5. The zero-order chi connectivity index (χ0) is 12.1. The molecule has 0 radical (unpaired) electrons. The Hall–Kier alpha value is -1.58. The van der Waals surface area contributed by atoms with E-state index >= 15 is 0 Å². The van der Waals surface area contributed by atoms with Gasteiger partial charge in [0.15, 0.2) is 0 Å². The van der Waals surface area contributed by atoms with Crippen LogP contribution in [0.3, 0.4) is 0 Å². The molecular formula is C12H18N2O2. The molecule has 1 rings (SSSR count). The number of carbonyl (C=O) groups excluding carboxylic acids is 1. The summed E-state index contributed by atoms with van der Waals surface area (Å²) in [6.07, 6.45) is 1.75. The van der Waals surface area contributed by atoms with E-state index in [1.165, 1.54) is 7.11 Å². The van der Waals surface area contributed by atoms with Gasteiger partial charge >= 0.3 is 5.97 Å². The largest absolute Gasteiger partial charge is 0.468 e. The van der Waals surface area contributed by atoms with E-state index in [-0.39, 0.29) is 18.6 Å². The summed E-state index contributed by atoms with van der Waals surface area (Å²) in [5, 5.41) is 0. The maximum atomic E-state index is 11.3. The molecule has 4 nitrogen and oxygen atoms in total. The molecule has 0 saturated heterocycles. The highest BCUT2D eigenvalue weighted by molar-refractivity contribution is 5.75. The highest BCUT2D eigenvalue weighted by Crippen LogP contribution is 2.16. The first-order valence-electron chi connectivity index (χ1n) is 5.30. The summed E-state index contributed by atoms with van der Waals surface area (Å²) < 4.78 is 4.69. The summed E-state index contributed by atoms with van der Waals surface area (Å²) in [6.45, 7) is 6.27. The molecule has 0 aromatic carbocycles. The van der Waals surface area contributed by atoms with Crippen molar-refractivity contribution in [2.24, 2.45) is 0 Å². The molecule has 0 N–H and O–H groups in total. The van der Waals surface area contributed by atoms with Gasteiger partial charge in [0.1, 0.15) is 6.54 Å². The van der Waals surface area contributed by atoms with Gasteiger partial charge in [0.25, 0.3) is 0 Å². The maximum Gasteiger partial charge on any atom is 0.325 e. The van der Waals surface area contributed by atoms with Gasteiger partial charge in [0.05, 0.1) is 7.11 Å². The molecule has 0 unspecified atom stereocenters. The normalized spacial score (nSPS) is 10.3. The summed E-state index contributed by atoms with van der Waals surface area (Å²) >= 11 is 0. The van der Waals surface area contributed by atoms with Gasteiger partial charge < -0.3 is 9.64 Å². The van der Waals surface area contributed by atoms with E-state index in [1.807, 2.05) is 37.8 Å². The fourth-order valence-electron chi connectivity index (χ4n) is 1.48. The summed E-state index contributed by atoms with van der Waals surface area (Å²) in [6, 6.07) is 4.10. The van der Waals surface area contributed by atoms with E-state index in [0.29, 0.717) is 0 Å². The molecule has 4 heteroatoms. The van der Waals surface area contributed by atoms with Gasteiger partial charge in [0.2, 0.25) is 0 Å². The Bertz CT molecular complexity index is 364. The number of esters is 1. The van der Waals surface area contributed by atoms with Crippen LogP contribution in [0.15, 0.2) is 18.3 Å². The second-order valence-corrected chi connectivity index (χ2v) is 3.95. The van der Waals surface area contributed by atoms with Crippen LogP contribution < -0.4 is 4.90 Å². The van der Waals surface area contributed by atoms with Crippen molar-refractivity contribution >= 4 is 11.7 Å². The Labute approximate surface area is 96.2 Å². The number of aryl methyl sites for hydroxylation is 1. The molecule has 0 amide bonds. The molecule has 0 bridgehead atoms. The van der Waals surface area contributed by atoms with Crippen LogP contribution in [0.4, 0.5) is 5.69 Å². The molecule has 1 aromatic rings. The van der Waals surface area contributed by atoms with Gasteiger partial charge in [-0.25, -0.2) is 0 Å². The topological polar surface area (TPSA) is 42.4 Å². The highest BCUT2D eigenvalue weighted by Gasteiger charge is 2.15. The van der Waals surface area contributed by atoms with E-state index in [2.05, 4.69) is 9.72 Å². The number of anilines is 1. The SMILES string of the molecule is COC(=O)CN(c1ccnc(C)c1)C(C)C. The van der Waals surface area contributed by atoms with Gasteiger partial charge in [0, 0.05) is 23.6 Å². The molecule has 0 fully saturated rings. The number of methoxy groups -OCH3 is 1. The van der Waals surface area contributed by atoms with Crippen molar-refractivity contribution in [3.63, 3.8) is 0 Å². The lowest BCUT2D eigenvalue weighted by atomic mass is 10.2. The average molecular weight is 222 g/mol. The molecule has 0 aliphatic heterocycles. The van der Waals surface area contributed by atoms with Crippen molar-refractivity contribution < 1.29 is 9.53 Å². The lowest BCUT2D eigenvalue weighted by molar-refractivity contribution is -0.139. The molecule has 1 heterocycles. The van der Waals surface area contributed by atoms with E-state index in [0.717, 1.165) is 11.4 Å². The second-order valence-electron chi connectivity index (χ2n) is 3.95. The summed E-state index contributed by atoms with van der Waals surface area (Å²) in [4.78, 5) is 17.4. The number of carbonyl (C=O) groups is 1. The monoisotopic (exact) mass is 222 g/mol. The number of ether oxygens (including phenoxy) is 1. The zero-order valence-electron chi connectivity index (χ0n) is 10.2. The van der Waals surface area contributed by atoms with Crippen molar-refractivity contribution in [3.05, 3.63) is 24.0 Å². The molecule has 0 aliphatic rings. The second kappa shape index (κ2) is 5.49. The average Bonchev–Trinajstić information content (AvgIpc) is 2.25. The van der Waals surface area contributed by atoms with Crippen LogP contribution in [0, 0.1) is 6.92 Å². The Morgan fingerprint density at radius 2 is 2.25 bits per heavy atom. The Kier molecular flexibility index (Phi) is 4.28. The Morgan fingerprint density at radius 1 is 1.56 bits per heavy atom. The van der Waals surface area contributed by atoms with Gasteiger partial charge in [-0.2, -0.15) is 0 Å². The van der Waals surface area contributed by atoms with Crippen molar-refractivity contribution in [2.45, 2.75) is 26.8 Å².